The number of ketones is 1. The van der Waals surface area contributed by atoms with Crippen LogP contribution in [0, 0.1) is 0 Å². The molecule has 0 aromatic heterocycles. The number of halogens is 3. The molecule has 0 radical (unpaired) electrons. The van der Waals surface area contributed by atoms with Crippen LogP contribution in [0.15, 0.2) is 30.3 Å². The standard InChI is InChI=1S/C8H5Br3O.C2H6/c9-8(10,11)7(12)6-4-2-1-3-5-6;1-2/h1-5H;1-2H3. The Labute approximate surface area is 110 Å². The molecule has 78 valence electrons. The highest BCUT2D eigenvalue weighted by Gasteiger charge is 2.29. The number of carbonyl (C=O) groups excluding carboxylic acids is 1. The molecule has 1 aromatic rings. The molecule has 0 unspecified atom stereocenters. The molecule has 1 aromatic carbocycles. The van der Waals surface area contributed by atoms with E-state index in [0.29, 0.717) is 5.56 Å². The van der Waals surface area contributed by atoms with Gasteiger partial charge in [-0.3, -0.25) is 4.79 Å². The monoisotopic (exact) mass is 384 g/mol. The average molecular weight is 387 g/mol. The van der Waals surface area contributed by atoms with Crippen LogP contribution in [0.25, 0.3) is 0 Å². The molecule has 0 spiro atoms. The molecule has 0 aliphatic rings. The summed E-state index contributed by atoms with van der Waals surface area (Å²) in [6.45, 7) is 4.00. The number of hydrogen-bond donors (Lipinski definition) is 0. The quantitative estimate of drug-likeness (QED) is 0.503. The molecule has 1 rings (SSSR count). The highest BCUT2D eigenvalue weighted by molar-refractivity contribution is 9.40. The van der Waals surface area contributed by atoms with Gasteiger partial charge in [0, 0.05) is 5.56 Å². The third kappa shape index (κ3) is 4.71. The Morgan fingerprint density at radius 2 is 1.50 bits per heavy atom. The summed E-state index contributed by atoms with van der Waals surface area (Å²) in [7, 11) is 0. The zero-order valence-electron chi connectivity index (χ0n) is 7.93. The fraction of sp³-hybridized carbons (Fsp3) is 0.300. The van der Waals surface area contributed by atoms with E-state index in [0.717, 1.165) is 0 Å². The minimum absolute atomic E-state index is 0.0527. The first-order chi connectivity index (χ1) is 6.52. The van der Waals surface area contributed by atoms with E-state index in [1.165, 1.54) is 0 Å². The molecule has 14 heavy (non-hydrogen) atoms. The second-order valence-corrected chi connectivity index (χ2v) is 8.95. The zero-order chi connectivity index (χ0) is 11.2. The molecule has 1 nitrogen and oxygen atoms in total. The maximum absolute atomic E-state index is 11.5. The van der Waals surface area contributed by atoms with Crippen molar-refractivity contribution in [2.75, 3.05) is 0 Å². The second kappa shape index (κ2) is 6.75. The summed E-state index contributed by atoms with van der Waals surface area (Å²) in [5, 5.41) is 0. The van der Waals surface area contributed by atoms with E-state index in [4.69, 9.17) is 0 Å². The minimum Gasteiger partial charge on any atom is -0.291 e. The van der Waals surface area contributed by atoms with Crippen LogP contribution in [0.3, 0.4) is 0 Å². The highest BCUT2D eigenvalue weighted by Crippen LogP contribution is 2.36. The van der Waals surface area contributed by atoms with Crippen LogP contribution in [0.1, 0.15) is 24.2 Å². The number of carbonyl (C=O) groups is 1. The van der Waals surface area contributed by atoms with E-state index in [2.05, 4.69) is 47.8 Å². The normalized spacial score (nSPS) is 10.1. The van der Waals surface area contributed by atoms with Gasteiger partial charge in [0.25, 0.3) is 0 Å². The Kier molecular flexibility index (Phi) is 6.91. The molecule has 0 bridgehead atoms. The summed E-state index contributed by atoms with van der Waals surface area (Å²) in [5.41, 5.74) is 0.656. The number of benzene rings is 1. The number of hydrogen-bond acceptors (Lipinski definition) is 1. The van der Waals surface area contributed by atoms with Crippen molar-refractivity contribution in [2.24, 2.45) is 0 Å². The largest absolute Gasteiger partial charge is 0.291 e. The molecule has 0 heterocycles. The van der Waals surface area contributed by atoms with Crippen molar-refractivity contribution in [2.45, 2.75) is 16.0 Å². The van der Waals surface area contributed by atoms with Gasteiger partial charge in [0.2, 0.25) is 5.78 Å². The van der Waals surface area contributed by atoms with Gasteiger partial charge in [-0.1, -0.05) is 92.0 Å². The molecule has 0 amide bonds. The lowest BCUT2D eigenvalue weighted by Crippen LogP contribution is -2.16. The van der Waals surface area contributed by atoms with Crippen molar-refractivity contribution >= 4 is 53.6 Å². The zero-order valence-corrected chi connectivity index (χ0v) is 12.7. The van der Waals surface area contributed by atoms with E-state index < -0.39 is 2.14 Å². The van der Waals surface area contributed by atoms with Gasteiger partial charge in [-0.2, -0.15) is 0 Å². The van der Waals surface area contributed by atoms with E-state index in [-0.39, 0.29) is 5.78 Å². The predicted molar refractivity (Wildman–Crippen MR) is 71.6 cm³/mol. The summed E-state index contributed by atoms with van der Waals surface area (Å²) in [6.07, 6.45) is 0. The van der Waals surface area contributed by atoms with Gasteiger partial charge in [0.05, 0.1) is 0 Å². The molecule has 0 N–H and O–H groups in total. The minimum atomic E-state index is -0.839. The van der Waals surface area contributed by atoms with Gasteiger partial charge < -0.3 is 0 Å². The van der Waals surface area contributed by atoms with Crippen LogP contribution in [0.5, 0.6) is 0 Å². The van der Waals surface area contributed by atoms with Crippen LogP contribution in [-0.4, -0.2) is 7.93 Å². The van der Waals surface area contributed by atoms with Crippen LogP contribution < -0.4 is 0 Å². The predicted octanol–water partition coefficient (Wildman–Crippen LogP) is 4.73. The first kappa shape index (κ1) is 14.3. The summed E-state index contributed by atoms with van der Waals surface area (Å²) in [6, 6.07) is 9.05. The van der Waals surface area contributed by atoms with Crippen molar-refractivity contribution in [3.63, 3.8) is 0 Å². The van der Waals surface area contributed by atoms with Crippen molar-refractivity contribution < 1.29 is 4.79 Å². The Bertz CT molecular complexity index is 277. The molecule has 0 saturated heterocycles. The molecule has 0 aliphatic heterocycles. The molecular formula is C10H11Br3O. The Hall–Kier alpha value is 0.330. The van der Waals surface area contributed by atoms with Crippen LogP contribution >= 0.6 is 47.8 Å². The van der Waals surface area contributed by atoms with Gasteiger partial charge >= 0.3 is 0 Å². The van der Waals surface area contributed by atoms with Gasteiger partial charge in [-0.05, 0) is 0 Å². The van der Waals surface area contributed by atoms with E-state index >= 15 is 0 Å². The van der Waals surface area contributed by atoms with Crippen LogP contribution in [-0.2, 0) is 0 Å². The van der Waals surface area contributed by atoms with E-state index in [1.807, 2.05) is 32.0 Å². The first-order valence-electron chi connectivity index (χ1n) is 4.18. The molecule has 0 fully saturated rings. The number of Topliss-reactive ketones (excluding diaryl/α,β-unsaturated/α-hetero) is 1. The van der Waals surface area contributed by atoms with Crippen molar-refractivity contribution in [1.29, 1.82) is 0 Å². The van der Waals surface area contributed by atoms with Crippen LogP contribution in [0.4, 0.5) is 0 Å². The third-order valence-electron chi connectivity index (χ3n) is 1.29. The summed E-state index contributed by atoms with van der Waals surface area (Å²) in [5.74, 6) is -0.0527. The Balaban J connectivity index is 0.000000791. The first-order valence-corrected chi connectivity index (χ1v) is 6.56. The highest BCUT2D eigenvalue weighted by atomic mass is 80.0. The van der Waals surface area contributed by atoms with Crippen molar-refractivity contribution in [1.82, 2.24) is 0 Å². The third-order valence-corrected chi connectivity index (χ3v) is 2.37. The lowest BCUT2D eigenvalue weighted by atomic mass is 10.2. The maximum Gasteiger partial charge on any atom is 0.201 e. The van der Waals surface area contributed by atoms with Gasteiger partial charge in [-0.25, -0.2) is 0 Å². The molecular weight excluding hydrogens is 376 g/mol. The Morgan fingerprint density at radius 1 is 1.07 bits per heavy atom. The molecule has 4 heteroatoms. The number of rotatable bonds is 1. The molecule has 0 atom stereocenters. The fourth-order valence-corrected chi connectivity index (χ4v) is 1.44. The van der Waals surface area contributed by atoms with Crippen molar-refractivity contribution in [3.05, 3.63) is 35.9 Å². The van der Waals surface area contributed by atoms with E-state index in [9.17, 15) is 4.79 Å². The van der Waals surface area contributed by atoms with E-state index in [1.54, 1.807) is 12.1 Å². The summed E-state index contributed by atoms with van der Waals surface area (Å²) in [4.78, 5) is 11.5. The topological polar surface area (TPSA) is 17.1 Å². The fourth-order valence-electron chi connectivity index (χ4n) is 0.753. The number of alkyl halides is 3. The van der Waals surface area contributed by atoms with Crippen molar-refractivity contribution in [3.8, 4) is 0 Å². The van der Waals surface area contributed by atoms with Gasteiger partial charge in [0.15, 0.2) is 2.14 Å². The summed E-state index contributed by atoms with van der Waals surface area (Å²) < 4.78 is -0.839. The second-order valence-electron chi connectivity index (χ2n) is 2.19. The maximum atomic E-state index is 11.5. The average Bonchev–Trinajstić information content (AvgIpc) is 2.20. The SMILES string of the molecule is CC.O=C(c1ccccc1)C(Br)(Br)Br. The van der Waals surface area contributed by atoms with Gasteiger partial charge in [0.1, 0.15) is 0 Å². The van der Waals surface area contributed by atoms with Gasteiger partial charge in [-0.15, -0.1) is 0 Å². The summed E-state index contributed by atoms with van der Waals surface area (Å²) >= 11 is 9.49. The Morgan fingerprint density at radius 3 is 1.86 bits per heavy atom. The molecule has 0 saturated carbocycles. The molecule has 0 aliphatic carbocycles. The lowest BCUT2D eigenvalue weighted by molar-refractivity contribution is 0.101. The van der Waals surface area contributed by atoms with Crippen LogP contribution in [0.2, 0.25) is 0 Å². The smallest absolute Gasteiger partial charge is 0.201 e. The lowest BCUT2D eigenvalue weighted by Gasteiger charge is -2.09.